The molecule has 2 aromatic rings. The Morgan fingerprint density at radius 2 is 1.79 bits per heavy atom. The van der Waals surface area contributed by atoms with Gasteiger partial charge in [-0.25, -0.2) is 4.79 Å². The summed E-state index contributed by atoms with van der Waals surface area (Å²) in [6.45, 7) is -0.537. The number of ether oxygens (including phenoxy) is 3. The van der Waals surface area contributed by atoms with Crippen LogP contribution in [0, 0.1) is 10.1 Å². The fraction of sp³-hybridized carbons (Fsp3) is 0.263. The van der Waals surface area contributed by atoms with Gasteiger partial charge in [-0.2, -0.15) is 0 Å². The summed E-state index contributed by atoms with van der Waals surface area (Å²) in [5.41, 5.74) is 0.319. The number of benzene rings is 2. The summed E-state index contributed by atoms with van der Waals surface area (Å²) in [5.74, 6) is -0.522. The Bertz CT molecular complexity index is 909. The molecule has 0 aliphatic heterocycles. The van der Waals surface area contributed by atoms with E-state index >= 15 is 0 Å². The lowest BCUT2D eigenvalue weighted by Crippen LogP contribution is -2.16. The molecule has 0 aliphatic carbocycles. The summed E-state index contributed by atoms with van der Waals surface area (Å²) < 4.78 is 15.3. The summed E-state index contributed by atoms with van der Waals surface area (Å²) in [5, 5.41) is 11.2. The van der Waals surface area contributed by atoms with Gasteiger partial charge in [0.05, 0.1) is 30.3 Å². The van der Waals surface area contributed by atoms with E-state index in [1.165, 1.54) is 32.4 Å². The van der Waals surface area contributed by atoms with Crippen molar-refractivity contribution in [1.82, 2.24) is 0 Å². The van der Waals surface area contributed by atoms with Crippen LogP contribution >= 0.6 is 0 Å². The molecular weight excluding hydrogens is 368 g/mol. The van der Waals surface area contributed by atoms with Crippen molar-refractivity contribution in [2.24, 2.45) is 0 Å². The topological polar surface area (TPSA) is 108 Å². The van der Waals surface area contributed by atoms with Crippen LogP contribution in [0.3, 0.4) is 0 Å². The number of ketones is 1. The van der Waals surface area contributed by atoms with Crippen molar-refractivity contribution < 1.29 is 28.7 Å². The second kappa shape index (κ2) is 8.85. The standard InChI is InChI=1S/C19H20N2O7/c1-20(2)15-8-5-12(9-16(15)21(24)25)19(23)28-11-17(22)14-7-6-13(26-3)10-18(14)27-4/h5-10H,11H2,1-4H3. The molecule has 0 atom stereocenters. The number of Topliss-reactive ketones (excluding diaryl/α,β-unsaturated/α-hetero) is 1. The number of nitro groups is 1. The fourth-order valence-electron chi connectivity index (χ4n) is 2.50. The van der Waals surface area contributed by atoms with E-state index in [4.69, 9.17) is 14.2 Å². The quantitative estimate of drug-likeness (QED) is 0.294. The van der Waals surface area contributed by atoms with Crippen LogP contribution in [0.2, 0.25) is 0 Å². The first-order chi connectivity index (χ1) is 13.3. The lowest BCUT2D eigenvalue weighted by molar-refractivity contribution is -0.384. The Morgan fingerprint density at radius 3 is 2.36 bits per heavy atom. The number of methoxy groups -OCH3 is 2. The van der Waals surface area contributed by atoms with Gasteiger partial charge >= 0.3 is 5.97 Å². The summed E-state index contributed by atoms with van der Waals surface area (Å²) in [7, 11) is 6.20. The number of rotatable bonds is 8. The van der Waals surface area contributed by atoms with Crippen molar-refractivity contribution in [3.8, 4) is 11.5 Å². The summed E-state index contributed by atoms with van der Waals surface area (Å²) in [4.78, 5) is 36.8. The molecule has 9 heteroatoms. The number of esters is 1. The number of carbonyl (C=O) groups is 2. The maximum Gasteiger partial charge on any atom is 0.338 e. The maximum absolute atomic E-state index is 12.4. The Kier molecular flexibility index (Phi) is 6.54. The molecule has 2 aromatic carbocycles. The zero-order valence-corrected chi connectivity index (χ0v) is 15.9. The average molecular weight is 388 g/mol. The zero-order chi connectivity index (χ0) is 20.8. The normalized spacial score (nSPS) is 10.1. The molecule has 0 saturated heterocycles. The highest BCUT2D eigenvalue weighted by Gasteiger charge is 2.21. The highest BCUT2D eigenvalue weighted by molar-refractivity contribution is 6.01. The van der Waals surface area contributed by atoms with Crippen molar-refractivity contribution in [2.45, 2.75) is 0 Å². The molecule has 0 aliphatic rings. The third-order valence-corrected chi connectivity index (χ3v) is 3.93. The summed E-state index contributed by atoms with van der Waals surface area (Å²) in [6.07, 6.45) is 0. The first-order valence-electron chi connectivity index (χ1n) is 8.16. The second-order valence-corrected chi connectivity index (χ2v) is 5.92. The monoisotopic (exact) mass is 388 g/mol. The van der Waals surface area contributed by atoms with E-state index in [1.54, 1.807) is 31.1 Å². The van der Waals surface area contributed by atoms with E-state index in [1.807, 2.05) is 0 Å². The lowest BCUT2D eigenvalue weighted by atomic mass is 10.1. The van der Waals surface area contributed by atoms with E-state index in [2.05, 4.69) is 0 Å². The highest BCUT2D eigenvalue weighted by atomic mass is 16.6. The van der Waals surface area contributed by atoms with Crippen LogP contribution in [-0.4, -0.2) is 51.6 Å². The molecule has 0 radical (unpaired) electrons. The Labute approximate surface area is 161 Å². The van der Waals surface area contributed by atoms with Gasteiger partial charge in [0, 0.05) is 26.2 Å². The number of hydrogen-bond acceptors (Lipinski definition) is 8. The van der Waals surface area contributed by atoms with Gasteiger partial charge in [-0.15, -0.1) is 0 Å². The predicted molar refractivity (Wildman–Crippen MR) is 102 cm³/mol. The number of hydrogen-bond donors (Lipinski definition) is 0. The molecule has 0 aromatic heterocycles. The van der Waals surface area contributed by atoms with Gasteiger partial charge < -0.3 is 19.1 Å². The van der Waals surface area contributed by atoms with Gasteiger partial charge in [0.1, 0.15) is 17.2 Å². The van der Waals surface area contributed by atoms with E-state index in [9.17, 15) is 19.7 Å². The smallest absolute Gasteiger partial charge is 0.338 e. The number of nitro benzene ring substituents is 1. The molecule has 0 heterocycles. The van der Waals surface area contributed by atoms with Gasteiger partial charge in [-0.3, -0.25) is 14.9 Å². The third-order valence-electron chi connectivity index (χ3n) is 3.93. The number of carbonyl (C=O) groups excluding carboxylic acids is 2. The van der Waals surface area contributed by atoms with Crippen molar-refractivity contribution in [2.75, 3.05) is 39.8 Å². The van der Waals surface area contributed by atoms with E-state index in [0.29, 0.717) is 11.4 Å². The van der Waals surface area contributed by atoms with Crippen LogP contribution in [0.5, 0.6) is 11.5 Å². The predicted octanol–water partition coefficient (Wildman–Crippen LogP) is 2.72. The van der Waals surface area contributed by atoms with Crippen LogP contribution in [0.4, 0.5) is 11.4 Å². The van der Waals surface area contributed by atoms with E-state index in [0.717, 1.165) is 6.07 Å². The van der Waals surface area contributed by atoms with E-state index < -0.39 is 23.3 Å². The zero-order valence-electron chi connectivity index (χ0n) is 15.9. The van der Waals surface area contributed by atoms with Gasteiger partial charge in [0.25, 0.3) is 5.69 Å². The van der Waals surface area contributed by atoms with Crippen LogP contribution in [-0.2, 0) is 4.74 Å². The van der Waals surface area contributed by atoms with Crippen LogP contribution in [0.15, 0.2) is 36.4 Å². The lowest BCUT2D eigenvalue weighted by Gasteiger charge is -2.13. The molecule has 0 N–H and O–H groups in total. The van der Waals surface area contributed by atoms with Gasteiger partial charge in [0.15, 0.2) is 6.61 Å². The molecule has 2 rings (SSSR count). The second-order valence-electron chi connectivity index (χ2n) is 5.92. The molecule has 148 valence electrons. The minimum atomic E-state index is -0.839. The number of nitrogens with zero attached hydrogens (tertiary/aromatic N) is 2. The van der Waals surface area contributed by atoms with Crippen molar-refractivity contribution in [1.29, 1.82) is 0 Å². The molecule has 0 amide bonds. The maximum atomic E-state index is 12.4. The van der Waals surface area contributed by atoms with Crippen molar-refractivity contribution in [3.05, 3.63) is 57.6 Å². The van der Waals surface area contributed by atoms with Crippen LogP contribution in [0.1, 0.15) is 20.7 Å². The summed E-state index contributed by atoms with van der Waals surface area (Å²) in [6, 6.07) is 8.60. The first kappa shape index (κ1) is 20.7. The average Bonchev–Trinajstić information content (AvgIpc) is 2.70. The Morgan fingerprint density at radius 1 is 1.07 bits per heavy atom. The van der Waals surface area contributed by atoms with Crippen molar-refractivity contribution >= 4 is 23.1 Å². The number of anilines is 1. The molecule has 9 nitrogen and oxygen atoms in total. The summed E-state index contributed by atoms with van der Waals surface area (Å²) >= 11 is 0. The molecule has 0 saturated carbocycles. The molecule has 0 bridgehead atoms. The fourth-order valence-corrected chi connectivity index (χ4v) is 2.50. The third kappa shape index (κ3) is 4.56. The molecular formula is C19H20N2O7. The van der Waals surface area contributed by atoms with Gasteiger partial charge in [0.2, 0.25) is 5.78 Å². The minimum Gasteiger partial charge on any atom is -0.497 e. The highest BCUT2D eigenvalue weighted by Crippen LogP contribution is 2.28. The molecule has 0 spiro atoms. The Hall–Kier alpha value is -3.62. The van der Waals surface area contributed by atoms with Crippen molar-refractivity contribution in [3.63, 3.8) is 0 Å². The van der Waals surface area contributed by atoms with Crippen LogP contribution < -0.4 is 14.4 Å². The SMILES string of the molecule is COc1ccc(C(=O)COC(=O)c2ccc(N(C)C)c([N+](=O)[O-])c2)c(OC)c1. The molecule has 28 heavy (non-hydrogen) atoms. The molecule has 0 fully saturated rings. The largest absolute Gasteiger partial charge is 0.497 e. The van der Waals surface area contributed by atoms with Crippen LogP contribution in [0.25, 0.3) is 0 Å². The Balaban J connectivity index is 2.15. The minimum absolute atomic E-state index is 0.0215. The van der Waals surface area contributed by atoms with Gasteiger partial charge in [-0.05, 0) is 24.3 Å². The molecule has 0 unspecified atom stereocenters. The van der Waals surface area contributed by atoms with E-state index in [-0.39, 0.29) is 22.6 Å². The van der Waals surface area contributed by atoms with Gasteiger partial charge in [-0.1, -0.05) is 0 Å². The first-order valence-corrected chi connectivity index (χ1v) is 8.16.